The normalized spacial score (nSPS) is 11.8. The number of alkyl halides is 3. The maximum atomic E-state index is 12.1. The van der Waals surface area contributed by atoms with Gasteiger partial charge in [0.15, 0.2) is 0 Å². The zero-order valence-electron chi connectivity index (χ0n) is 12.0. The second kappa shape index (κ2) is 8.48. The van der Waals surface area contributed by atoms with Crippen molar-refractivity contribution in [2.45, 2.75) is 26.6 Å². The van der Waals surface area contributed by atoms with Crippen molar-refractivity contribution in [1.82, 2.24) is 0 Å². The number of hydrogen-bond donors (Lipinski definition) is 1. The molecule has 0 unspecified atom stereocenters. The molecule has 0 saturated carbocycles. The van der Waals surface area contributed by atoms with Gasteiger partial charge in [-0.2, -0.15) is 0 Å². The van der Waals surface area contributed by atoms with E-state index in [4.69, 9.17) is 4.74 Å². The monoisotopic (exact) mass is 369 g/mol. The number of benzene rings is 1. The van der Waals surface area contributed by atoms with Crippen molar-refractivity contribution in [3.05, 3.63) is 22.7 Å². The molecule has 3 nitrogen and oxygen atoms in total. The first-order valence-electron chi connectivity index (χ1n) is 6.65. The molecule has 0 fully saturated rings. The maximum Gasteiger partial charge on any atom is 0.573 e. The van der Waals surface area contributed by atoms with E-state index in [0.29, 0.717) is 31.4 Å². The smallest absolute Gasteiger partial charge is 0.405 e. The first-order chi connectivity index (χ1) is 9.78. The van der Waals surface area contributed by atoms with Crippen LogP contribution in [0.25, 0.3) is 0 Å². The van der Waals surface area contributed by atoms with Gasteiger partial charge in [-0.05, 0) is 46.5 Å². The van der Waals surface area contributed by atoms with Crippen LogP contribution in [0.2, 0.25) is 0 Å². The van der Waals surface area contributed by atoms with Crippen molar-refractivity contribution >= 4 is 21.6 Å². The number of hydrogen-bond acceptors (Lipinski definition) is 3. The Morgan fingerprint density at radius 2 is 1.95 bits per heavy atom. The average Bonchev–Trinajstić information content (AvgIpc) is 2.35. The molecule has 1 aromatic carbocycles. The van der Waals surface area contributed by atoms with Gasteiger partial charge in [-0.1, -0.05) is 13.8 Å². The number of nitrogens with one attached hydrogen (secondary N) is 1. The fraction of sp³-hybridized carbons (Fsp3) is 0.571. The SMILES string of the molecule is CC(C)CCOCCNc1ccc(OC(F)(F)F)c(Br)c1. The molecule has 0 spiro atoms. The topological polar surface area (TPSA) is 30.5 Å². The summed E-state index contributed by atoms with van der Waals surface area (Å²) >= 11 is 3.05. The number of anilines is 1. The predicted molar refractivity (Wildman–Crippen MR) is 79.6 cm³/mol. The molecule has 0 atom stereocenters. The van der Waals surface area contributed by atoms with Crippen LogP contribution in [0.15, 0.2) is 22.7 Å². The highest BCUT2D eigenvalue weighted by Crippen LogP contribution is 2.32. The van der Waals surface area contributed by atoms with Crippen LogP contribution in [-0.4, -0.2) is 26.1 Å². The Morgan fingerprint density at radius 1 is 1.24 bits per heavy atom. The van der Waals surface area contributed by atoms with Gasteiger partial charge in [0.2, 0.25) is 0 Å². The molecule has 21 heavy (non-hydrogen) atoms. The van der Waals surface area contributed by atoms with E-state index in [1.54, 1.807) is 0 Å². The summed E-state index contributed by atoms with van der Waals surface area (Å²) in [5.74, 6) is 0.344. The molecule has 120 valence electrons. The molecule has 1 N–H and O–H groups in total. The summed E-state index contributed by atoms with van der Waals surface area (Å²) in [5, 5.41) is 3.07. The third kappa shape index (κ3) is 8.16. The van der Waals surface area contributed by atoms with E-state index in [1.165, 1.54) is 18.2 Å². The van der Waals surface area contributed by atoms with Gasteiger partial charge in [-0.25, -0.2) is 0 Å². The number of rotatable bonds is 8. The lowest BCUT2D eigenvalue weighted by molar-refractivity contribution is -0.274. The molecule has 0 aliphatic rings. The minimum atomic E-state index is -4.69. The van der Waals surface area contributed by atoms with Gasteiger partial charge in [0.05, 0.1) is 11.1 Å². The van der Waals surface area contributed by atoms with Gasteiger partial charge in [0.1, 0.15) is 5.75 Å². The van der Waals surface area contributed by atoms with Gasteiger partial charge < -0.3 is 14.8 Å². The Kier molecular flexibility index (Phi) is 7.31. The molecule has 0 bridgehead atoms. The Morgan fingerprint density at radius 3 is 2.52 bits per heavy atom. The van der Waals surface area contributed by atoms with Crippen LogP contribution in [0, 0.1) is 5.92 Å². The largest absolute Gasteiger partial charge is 0.573 e. The highest BCUT2D eigenvalue weighted by molar-refractivity contribution is 9.10. The predicted octanol–water partition coefficient (Wildman–Crippen LogP) is 4.82. The number of halogens is 4. The van der Waals surface area contributed by atoms with E-state index in [-0.39, 0.29) is 10.2 Å². The van der Waals surface area contributed by atoms with E-state index in [9.17, 15) is 13.2 Å². The first kappa shape index (κ1) is 18.1. The lowest BCUT2D eigenvalue weighted by Crippen LogP contribution is -2.17. The maximum absolute atomic E-state index is 12.1. The molecule has 0 aromatic heterocycles. The summed E-state index contributed by atoms with van der Waals surface area (Å²) in [6.45, 7) is 6.10. The molecule has 0 radical (unpaired) electrons. The van der Waals surface area contributed by atoms with Crippen LogP contribution in [0.4, 0.5) is 18.9 Å². The summed E-state index contributed by atoms with van der Waals surface area (Å²) in [4.78, 5) is 0. The summed E-state index contributed by atoms with van der Waals surface area (Å²) in [6, 6.07) is 4.33. The van der Waals surface area contributed by atoms with Crippen LogP contribution in [0.5, 0.6) is 5.75 Å². The van der Waals surface area contributed by atoms with E-state index < -0.39 is 6.36 Å². The number of ether oxygens (including phenoxy) is 2. The molecule has 1 rings (SSSR count). The molecule has 7 heteroatoms. The van der Waals surface area contributed by atoms with E-state index in [0.717, 1.165) is 6.42 Å². The van der Waals surface area contributed by atoms with Crippen molar-refractivity contribution in [1.29, 1.82) is 0 Å². The van der Waals surface area contributed by atoms with Crippen LogP contribution in [0.1, 0.15) is 20.3 Å². The van der Waals surface area contributed by atoms with Gasteiger partial charge in [-0.3, -0.25) is 0 Å². The Labute approximate surface area is 130 Å². The van der Waals surface area contributed by atoms with Crippen LogP contribution in [-0.2, 0) is 4.74 Å². The molecular formula is C14H19BrF3NO2. The minimum absolute atomic E-state index is 0.241. The van der Waals surface area contributed by atoms with Crippen molar-refractivity contribution in [3.63, 3.8) is 0 Å². The van der Waals surface area contributed by atoms with Gasteiger partial charge in [0.25, 0.3) is 0 Å². The quantitative estimate of drug-likeness (QED) is 0.666. The highest BCUT2D eigenvalue weighted by Gasteiger charge is 2.31. The summed E-state index contributed by atoms with van der Waals surface area (Å²) < 4.78 is 45.9. The Balaban J connectivity index is 2.35. The summed E-state index contributed by atoms with van der Waals surface area (Å²) in [7, 11) is 0. The van der Waals surface area contributed by atoms with Crippen molar-refractivity contribution in [3.8, 4) is 5.75 Å². The lowest BCUT2D eigenvalue weighted by atomic mass is 10.1. The highest BCUT2D eigenvalue weighted by atomic mass is 79.9. The fourth-order valence-electron chi connectivity index (χ4n) is 1.51. The molecule has 0 aliphatic carbocycles. The molecular weight excluding hydrogens is 351 g/mol. The molecule has 0 heterocycles. The van der Waals surface area contributed by atoms with E-state index in [1.807, 2.05) is 0 Å². The minimum Gasteiger partial charge on any atom is -0.405 e. The van der Waals surface area contributed by atoms with Gasteiger partial charge >= 0.3 is 6.36 Å². The lowest BCUT2D eigenvalue weighted by Gasteiger charge is -2.12. The molecule has 0 saturated heterocycles. The first-order valence-corrected chi connectivity index (χ1v) is 7.44. The Hall–Kier alpha value is -0.950. The molecule has 0 aliphatic heterocycles. The van der Waals surface area contributed by atoms with Gasteiger partial charge in [0, 0.05) is 18.8 Å². The molecule has 0 amide bonds. The van der Waals surface area contributed by atoms with Crippen LogP contribution < -0.4 is 10.1 Å². The van der Waals surface area contributed by atoms with Gasteiger partial charge in [-0.15, -0.1) is 13.2 Å². The van der Waals surface area contributed by atoms with Crippen LogP contribution in [0.3, 0.4) is 0 Å². The van der Waals surface area contributed by atoms with E-state index in [2.05, 4.69) is 39.8 Å². The Bertz CT molecular complexity index is 439. The summed E-state index contributed by atoms with van der Waals surface area (Å²) in [5.41, 5.74) is 0.698. The standard InChI is InChI=1S/C14H19BrF3NO2/c1-10(2)5-7-20-8-6-19-11-3-4-13(12(15)9-11)21-14(16,17)18/h3-4,9-10,19H,5-8H2,1-2H3. The zero-order valence-corrected chi connectivity index (χ0v) is 13.6. The summed E-state index contributed by atoms with van der Waals surface area (Å²) in [6.07, 6.45) is -3.68. The van der Waals surface area contributed by atoms with Crippen LogP contribution >= 0.6 is 15.9 Å². The molecule has 1 aromatic rings. The van der Waals surface area contributed by atoms with Crippen molar-refractivity contribution in [2.24, 2.45) is 5.92 Å². The van der Waals surface area contributed by atoms with Crippen molar-refractivity contribution < 1.29 is 22.6 Å². The average molecular weight is 370 g/mol. The fourth-order valence-corrected chi connectivity index (χ4v) is 1.97. The second-order valence-electron chi connectivity index (χ2n) is 4.91. The third-order valence-electron chi connectivity index (χ3n) is 2.57. The third-order valence-corrected chi connectivity index (χ3v) is 3.19. The zero-order chi connectivity index (χ0) is 15.9. The second-order valence-corrected chi connectivity index (χ2v) is 5.77. The van der Waals surface area contributed by atoms with E-state index >= 15 is 0 Å². The van der Waals surface area contributed by atoms with Crippen molar-refractivity contribution in [2.75, 3.05) is 25.1 Å².